The molecule has 26 heavy (non-hydrogen) atoms. The molecule has 1 aromatic heterocycles. The molecule has 0 spiro atoms. The van der Waals surface area contributed by atoms with E-state index in [4.69, 9.17) is 4.42 Å². The third kappa shape index (κ3) is 4.30. The smallest absolute Gasteiger partial charge is 0.225 e. The molecule has 1 aliphatic heterocycles. The molecule has 3 rings (SSSR count). The SMILES string of the molecule is CC(C)N(C)C(=O)C1CCN(Cc2ncc(-c3ccc(F)cc3)o2)CC1. The van der Waals surface area contributed by atoms with E-state index in [0.29, 0.717) is 18.2 Å². The first-order chi connectivity index (χ1) is 12.4. The lowest BCUT2D eigenvalue weighted by Gasteiger charge is -2.33. The second kappa shape index (κ2) is 7.99. The van der Waals surface area contributed by atoms with Crippen molar-refractivity contribution in [2.75, 3.05) is 20.1 Å². The Balaban J connectivity index is 1.54. The van der Waals surface area contributed by atoms with Gasteiger partial charge in [0.05, 0.1) is 12.7 Å². The van der Waals surface area contributed by atoms with Crippen LogP contribution in [0.25, 0.3) is 11.3 Å². The normalized spacial score (nSPS) is 16.2. The lowest BCUT2D eigenvalue weighted by atomic mass is 9.95. The number of benzene rings is 1. The number of hydrogen-bond donors (Lipinski definition) is 0. The van der Waals surface area contributed by atoms with Crippen LogP contribution in [0.5, 0.6) is 0 Å². The van der Waals surface area contributed by atoms with Crippen LogP contribution in [0.4, 0.5) is 4.39 Å². The highest BCUT2D eigenvalue weighted by Crippen LogP contribution is 2.24. The van der Waals surface area contributed by atoms with Gasteiger partial charge in [-0.3, -0.25) is 9.69 Å². The molecule has 0 N–H and O–H groups in total. The molecular formula is C20H26FN3O2. The highest BCUT2D eigenvalue weighted by Gasteiger charge is 2.28. The summed E-state index contributed by atoms with van der Waals surface area (Å²) in [4.78, 5) is 20.9. The first-order valence-electron chi connectivity index (χ1n) is 9.13. The van der Waals surface area contributed by atoms with Crippen LogP contribution in [0.1, 0.15) is 32.6 Å². The minimum atomic E-state index is -0.269. The quantitative estimate of drug-likeness (QED) is 0.819. The van der Waals surface area contributed by atoms with Crippen molar-refractivity contribution in [2.45, 2.75) is 39.3 Å². The van der Waals surface area contributed by atoms with E-state index in [2.05, 4.69) is 9.88 Å². The maximum Gasteiger partial charge on any atom is 0.225 e. The van der Waals surface area contributed by atoms with Gasteiger partial charge in [0.15, 0.2) is 5.76 Å². The second-order valence-electron chi connectivity index (χ2n) is 7.22. The summed E-state index contributed by atoms with van der Waals surface area (Å²) in [6, 6.07) is 6.42. The number of nitrogens with zero attached hydrogens (tertiary/aromatic N) is 3. The van der Waals surface area contributed by atoms with Gasteiger partial charge in [0.2, 0.25) is 11.8 Å². The van der Waals surface area contributed by atoms with Gasteiger partial charge in [0, 0.05) is 24.6 Å². The van der Waals surface area contributed by atoms with Gasteiger partial charge in [-0.2, -0.15) is 0 Å². The van der Waals surface area contributed by atoms with E-state index in [1.165, 1.54) is 12.1 Å². The molecule has 0 aliphatic carbocycles. The van der Waals surface area contributed by atoms with Crippen LogP contribution in [0.2, 0.25) is 0 Å². The number of piperidine rings is 1. The van der Waals surface area contributed by atoms with Crippen molar-refractivity contribution in [1.82, 2.24) is 14.8 Å². The zero-order valence-electron chi connectivity index (χ0n) is 15.6. The summed E-state index contributed by atoms with van der Waals surface area (Å²) in [5.74, 6) is 1.37. The average molecular weight is 359 g/mol. The summed E-state index contributed by atoms with van der Waals surface area (Å²) < 4.78 is 18.8. The Morgan fingerprint density at radius 2 is 1.96 bits per heavy atom. The van der Waals surface area contributed by atoms with Crippen LogP contribution >= 0.6 is 0 Å². The van der Waals surface area contributed by atoms with Crippen LogP contribution < -0.4 is 0 Å². The number of halogens is 1. The maximum absolute atomic E-state index is 13.0. The number of hydrogen-bond acceptors (Lipinski definition) is 4. The summed E-state index contributed by atoms with van der Waals surface area (Å²) in [5.41, 5.74) is 0.811. The van der Waals surface area contributed by atoms with Gasteiger partial charge < -0.3 is 9.32 Å². The Kier molecular flexibility index (Phi) is 5.71. The van der Waals surface area contributed by atoms with Gasteiger partial charge in [0.25, 0.3) is 0 Å². The molecule has 0 unspecified atom stereocenters. The monoisotopic (exact) mass is 359 g/mol. The second-order valence-corrected chi connectivity index (χ2v) is 7.22. The fourth-order valence-electron chi connectivity index (χ4n) is 3.20. The molecule has 1 amide bonds. The molecule has 6 heteroatoms. The molecule has 1 fully saturated rings. The number of rotatable bonds is 5. The van der Waals surface area contributed by atoms with Crippen LogP contribution in [0.15, 0.2) is 34.9 Å². The van der Waals surface area contributed by atoms with E-state index in [1.807, 2.05) is 25.8 Å². The van der Waals surface area contributed by atoms with Gasteiger partial charge >= 0.3 is 0 Å². The summed E-state index contributed by atoms with van der Waals surface area (Å²) in [7, 11) is 1.88. The summed E-state index contributed by atoms with van der Waals surface area (Å²) in [6.07, 6.45) is 3.40. The van der Waals surface area contributed by atoms with Crippen LogP contribution in [-0.4, -0.2) is 46.9 Å². The Labute approximate surface area is 153 Å². The number of carbonyl (C=O) groups is 1. The van der Waals surface area contributed by atoms with Crippen molar-refractivity contribution in [3.8, 4) is 11.3 Å². The van der Waals surface area contributed by atoms with E-state index in [0.717, 1.165) is 31.5 Å². The Morgan fingerprint density at radius 3 is 2.58 bits per heavy atom. The highest BCUT2D eigenvalue weighted by molar-refractivity contribution is 5.78. The molecule has 5 nitrogen and oxygen atoms in total. The first-order valence-corrected chi connectivity index (χ1v) is 9.13. The number of aromatic nitrogens is 1. The number of likely N-dealkylation sites (tertiary alicyclic amines) is 1. The molecule has 1 saturated heterocycles. The molecule has 2 heterocycles. The standard InChI is InChI=1S/C20H26FN3O2/c1-14(2)23(3)20(25)16-8-10-24(11-9-16)13-19-22-12-18(26-19)15-4-6-17(21)7-5-15/h4-7,12,14,16H,8-11,13H2,1-3H3. The Hall–Kier alpha value is -2.21. The summed E-state index contributed by atoms with van der Waals surface area (Å²) >= 11 is 0. The largest absolute Gasteiger partial charge is 0.439 e. The predicted octanol–water partition coefficient (Wildman–Crippen LogP) is 3.56. The van der Waals surface area contributed by atoms with Crippen molar-refractivity contribution < 1.29 is 13.6 Å². The lowest BCUT2D eigenvalue weighted by molar-refractivity contribution is -0.137. The fraction of sp³-hybridized carbons (Fsp3) is 0.500. The maximum atomic E-state index is 13.0. The summed E-state index contributed by atoms with van der Waals surface area (Å²) in [6.45, 7) is 6.41. The fourth-order valence-corrected chi connectivity index (χ4v) is 3.20. The van der Waals surface area contributed by atoms with Gasteiger partial charge in [-0.1, -0.05) is 0 Å². The van der Waals surface area contributed by atoms with Crippen molar-refractivity contribution in [1.29, 1.82) is 0 Å². The van der Waals surface area contributed by atoms with Crippen molar-refractivity contribution in [2.24, 2.45) is 5.92 Å². The van der Waals surface area contributed by atoms with E-state index < -0.39 is 0 Å². The molecule has 0 saturated carbocycles. The molecule has 1 aromatic carbocycles. The van der Waals surface area contributed by atoms with Crippen LogP contribution in [0, 0.1) is 11.7 Å². The number of carbonyl (C=O) groups excluding carboxylic acids is 1. The van der Waals surface area contributed by atoms with Gasteiger partial charge in [-0.25, -0.2) is 9.37 Å². The van der Waals surface area contributed by atoms with Gasteiger partial charge in [-0.05, 0) is 64.0 Å². The van der Waals surface area contributed by atoms with E-state index >= 15 is 0 Å². The minimum absolute atomic E-state index is 0.109. The molecule has 2 aromatic rings. The van der Waals surface area contributed by atoms with E-state index in [9.17, 15) is 9.18 Å². The van der Waals surface area contributed by atoms with Crippen molar-refractivity contribution in [3.05, 3.63) is 42.2 Å². The van der Waals surface area contributed by atoms with Gasteiger partial charge in [0.1, 0.15) is 5.82 Å². The van der Waals surface area contributed by atoms with Gasteiger partial charge in [-0.15, -0.1) is 0 Å². The molecule has 140 valence electrons. The third-order valence-corrected chi connectivity index (χ3v) is 5.10. The van der Waals surface area contributed by atoms with Crippen molar-refractivity contribution >= 4 is 5.91 Å². The van der Waals surface area contributed by atoms with Crippen LogP contribution in [-0.2, 0) is 11.3 Å². The average Bonchev–Trinajstić information content (AvgIpc) is 3.10. The first kappa shape index (κ1) is 18.6. The molecule has 0 bridgehead atoms. The molecule has 1 aliphatic rings. The Bertz CT molecular complexity index is 734. The number of oxazole rings is 1. The predicted molar refractivity (Wildman–Crippen MR) is 97.8 cm³/mol. The minimum Gasteiger partial charge on any atom is -0.439 e. The van der Waals surface area contributed by atoms with E-state index in [1.54, 1.807) is 18.3 Å². The summed E-state index contributed by atoms with van der Waals surface area (Å²) in [5, 5.41) is 0. The highest BCUT2D eigenvalue weighted by atomic mass is 19.1. The van der Waals surface area contributed by atoms with Crippen molar-refractivity contribution in [3.63, 3.8) is 0 Å². The zero-order valence-corrected chi connectivity index (χ0v) is 15.6. The lowest BCUT2D eigenvalue weighted by Crippen LogP contribution is -2.43. The topological polar surface area (TPSA) is 49.6 Å². The molecule has 0 radical (unpaired) electrons. The van der Waals surface area contributed by atoms with Crippen LogP contribution in [0.3, 0.4) is 0 Å². The molecule has 0 atom stereocenters. The third-order valence-electron chi connectivity index (χ3n) is 5.10. The van der Waals surface area contributed by atoms with E-state index in [-0.39, 0.29) is 23.7 Å². The zero-order chi connectivity index (χ0) is 18.7. The Morgan fingerprint density at radius 1 is 1.31 bits per heavy atom. The number of amides is 1. The molecular weight excluding hydrogens is 333 g/mol.